The van der Waals surface area contributed by atoms with Crippen molar-refractivity contribution in [1.29, 1.82) is 5.26 Å². The van der Waals surface area contributed by atoms with Gasteiger partial charge < -0.3 is 10.3 Å². The van der Waals surface area contributed by atoms with E-state index in [-0.39, 0.29) is 6.04 Å². The van der Waals surface area contributed by atoms with E-state index in [0.717, 1.165) is 51.9 Å². The lowest BCUT2D eigenvalue weighted by molar-refractivity contribution is 0.841. The minimum absolute atomic E-state index is 0.226. The lowest BCUT2D eigenvalue weighted by Gasteiger charge is -2.14. The highest BCUT2D eigenvalue weighted by atomic mass is 15.2. The molecule has 0 aliphatic heterocycles. The third-order valence-corrected chi connectivity index (χ3v) is 4.43. The van der Waals surface area contributed by atoms with Gasteiger partial charge in [-0.05, 0) is 38.5 Å². The number of benzene rings is 1. The summed E-state index contributed by atoms with van der Waals surface area (Å²) in [4.78, 5) is 12.7. The molecule has 3 aromatic heterocycles. The number of aryl methyl sites for hydroxylation is 1. The summed E-state index contributed by atoms with van der Waals surface area (Å²) in [5.41, 5.74) is 5.04. The molecule has 0 amide bonds. The van der Waals surface area contributed by atoms with E-state index in [2.05, 4.69) is 57.3 Å². The molecule has 136 valence electrons. The van der Waals surface area contributed by atoms with Crippen LogP contribution in [0.3, 0.4) is 0 Å². The van der Waals surface area contributed by atoms with Gasteiger partial charge in [-0.15, -0.1) is 0 Å². The van der Waals surface area contributed by atoms with Crippen LogP contribution in [-0.2, 0) is 6.42 Å². The van der Waals surface area contributed by atoms with Crippen LogP contribution >= 0.6 is 0 Å². The lowest BCUT2D eigenvalue weighted by Crippen LogP contribution is -2.11. The Morgan fingerprint density at radius 3 is 2.89 bits per heavy atom. The Morgan fingerprint density at radius 1 is 1.30 bits per heavy atom. The van der Waals surface area contributed by atoms with Crippen LogP contribution in [0.25, 0.3) is 33.3 Å². The second-order valence-corrected chi connectivity index (χ2v) is 6.92. The maximum absolute atomic E-state index is 9.17. The van der Waals surface area contributed by atoms with Crippen LogP contribution in [0.5, 0.6) is 0 Å². The summed E-state index contributed by atoms with van der Waals surface area (Å²) in [5.74, 6) is 1.51. The van der Waals surface area contributed by atoms with Gasteiger partial charge in [-0.25, -0.2) is 4.98 Å². The molecule has 27 heavy (non-hydrogen) atoms. The molecule has 0 unspecified atom stereocenters. The van der Waals surface area contributed by atoms with Crippen LogP contribution in [0, 0.1) is 11.3 Å². The molecule has 7 nitrogen and oxygen atoms in total. The summed E-state index contributed by atoms with van der Waals surface area (Å²) < 4.78 is 0. The average molecular weight is 359 g/mol. The molecule has 1 aromatic carbocycles. The first-order valence-corrected chi connectivity index (χ1v) is 9.13. The lowest BCUT2D eigenvalue weighted by atomic mass is 10.1. The van der Waals surface area contributed by atoms with Crippen LogP contribution in [0.2, 0.25) is 0 Å². The van der Waals surface area contributed by atoms with Crippen LogP contribution in [0.1, 0.15) is 38.6 Å². The third-order valence-electron chi connectivity index (χ3n) is 4.43. The van der Waals surface area contributed by atoms with E-state index in [0.29, 0.717) is 11.4 Å². The van der Waals surface area contributed by atoms with E-state index < -0.39 is 0 Å². The van der Waals surface area contributed by atoms with Gasteiger partial charge in [-0.2, -0.15) is 10.4 Å². The summed E-state index contributed by atoms with van der Waals surface area (Å²) in [7, 11) is 0. The molecular weight excluding hydrogens is 338 g/mol. The number of aromatic nitrogens is 5. The van der Waals surface area contributed by atoms with Crippen molar-refractivity contribution in [2.75, 3.05) is 5.32 Å². The van der Waals surface area contributed by atoms with Crippen LogP contribution in [-0.4, -0.2) is 31.2 Å². The summed E-state index contributed by atoms with van der Waals surface area (Å²) in [6.45, 7) is 6.29. The Labute approximate surface area is 156 Å². The molecule has 0 saturated heterocycles. The Bertz CT molecular complexity index is 1160. The number of nitrogens with one attached hydrogen (secondary N) is 3. The van der Waals surface area contributed by atoms with Crippen molar-refractivity contribution in [3.63, 3.8) is 0 Å². The predicted molar refractivity (Wildman–Crippen MR) is 106 cm³/mol. The molecule has 7 heteroatoms. The second-order valence-electron chi connectivity index (χ2n) is 6.92. The molecule has 0 aliphatic carbocycles. The van der Waals surface area contributed by atoms with Gasteiger partial charge in [0.15, 0.2) is 5.82 Å². The summed E-state index contributed by atoms with van der Waals surface area (Å²) in [6.07, 6.45) is 3.68. The largest absolute Gasteiger partial charge is 0.380 e. The summed E-state index contributed by atoms with van der Waals surface area (Å²) >= 11 is 0. The fraction of sp³-hybridized carbons (Fsp3) is 0.300. The number of aromatic amines is 2. The summed E-state index contributed by atoms with van der Waals surface area (Å²) in [6, 6.07) is 8.01. The number of H-pyrrole nitrogens is 2. The first-order valence-electron chi connectivity index (χ1n) is 9.13. The zero-order valence-electron chi connectivity index (χ0n) is 15.6. The standard InChI is InChI=1S/C20H21N7/c1-4-5-16-25-20(27-26-16)14-10-22-17-13-7-6-12(9-21)8-15(13)24-19(17)18(14)23-11(2)3/h6-8,10-11,24H,4-5H2,1-3H3,(H,22,23)(H,25,26,27). The topological polar surface area (TPSA) is 106 Å². The van der Waals surface area contributed by atoms with Crippen LogP contribution < -0.4 is 5.32 Å². The third kappa shape index (κ3) is 2.99. The first-order chi connectivity index (χ1) is 13.1. The van der Waals surface area contributed by atoms with Gasteiger partial charge in [0.1, 0.15) is 5.82 Å². The quantitative estimate of drug-likeness (QED) is 0.496. The summed E-state index contributed by atoms with van der Waals surface area (Å²) in [5, 5.41) is 21.1. The highest BCUT2D eigenvalue weighted by Crippen LogP contribution is 2.35. The molecule has 3 N–H and O–H groups in total. The Morgan fingerprint density at radius 2 is 2.15 bits per heavy atom. The van der Waals surface area contributed by atoms with Crippen LogP contribution in [0.15, 0.2) is 24.4 Å². The SMILES string of the molecule is CCCc1nc(-c2cnc3c([nH]c4cc(C#N)ccc43)c2NC(C)C)n[nH]1. The van der Waals surface area contributed by atoms with Crippen molar-refractivity contribution in [2.45, 2.75) is 39.7 Å². The normalized spacial score (nSPS) is 11.4. The van der Waals surface area contributed by atoms with Gasteiger partial charge in [0.2, 0.25) is 0 Å². The molecule has 4 rings (SSSR count). The molecule has 0 bridgehead atoms. The molecule has 0 saturated carbocycles. The number of nitriles is 1. The maximum atomic E-state index is 9.17. The van der Waals surface area contributed by atoms with Crippen molar-refractivity contribution < 1.29 is 0 Å². The molecular formula is C20H21N7. The fourth-order valence-corrected chi connectivity index (χ4v) is 3.27. The second kappa shape index (κ2) is 6.72. The van der Waals surface area contributed by atoms with E-state index in [9.17, 15) is 5.26 Å². The number of rotatable bonds is 5. The number of fused-ring (bicyclic) bond motifs is 3. The fourth-order valence-electron chi connectivity index (χ4n) is 3.27. The van der Waals surface area contributed by atoms with E-state index in [1.807, 2.05) is 24.4 Å². The minimum Gasteiger partial charge on any atom is -0.380 e. The highest BCUT2D eigenvalue weighted by Gasteiger charge is 2.18. The van der Waals surface area contributed by atoms with Gasteiger partial charge in [0, 0.05) is 29.6 Å². The van der Waals surface area contributed by atoms with Crippen LogP contribution in [0.4, 0.5) is 5.69 Å². The molecule has 0 radical (unpaired) electrons. The zero-order chi connectivity index (χ0) is 19.0. The predicted octanol–water partition coefficient (Wildman–Crippen LogP) is 4.15. The van der Waals surface area contributed by atoms with Crippen molar-refractivity contribution in [1.82, 2.24) is 25.1 Å². The van der Waals surface area contributed by atoms with Gasteiger partial charge in [-0.1, -0.05) is 6.92 Å². The molecule has 3 heterocycles. The molecule has 0 atom stereocenters. The number of anilines is 1. The van der Waals surface area contributed by atoms with Crippen molar-refractivity contribution in [3.8, 4) is 17.5 Å². The molecule has 0 spiro atoms. The first kappa shape index (κ1) is 17.0. The minimum atomic E-state index is 0.226. The Hall–Kier alpha value is -3.40. The van der Waals surface area contributed by atoms with Gasteiger partial charge in [0.25, 0.3) is 0 Å². The zero-order valence-corrected chi connectivity index (χ0v) is 15.6. The van der Waals surface area contributed by atoms with E-state index in [1.165, 1.54) is 0 Å². The molecule has 4 aromatic rings. The monoisotopic (exact) mass is 359 g/mol. The van der Waals surface area contributed by atoms with Gasteiger partial charge >= 0.3 is 0 Å². The average Bonchev–Trinajstić information content (AvgIpc) is 3.26. The maximum Gasteiger partial charge on any atom is 0.184 e. The number of pyridine rings is 1. The Kier molecular flexibility index (Phi) is 4.24. The van der Waals surface area contributed by atoms with Gasteiger partial charge in [-0.3, -0.25) is 10.1 Å². The van der Waals surface area contributed by atoms with E-state index in [1.54, 1.807) is 0 Å². The number of nitrogens with zero attached hydrogens (tertiary/aromatic N) is 4. The van der Waals surface area contributed by atoms with Gasteiger partial charge in [0.05, 0.1) is 33.9 Å². The molecule has 0 fully saturated rings. The van der Waals surface area contributed by atoms with Crippen molar-refractivity contribution in [3.05, 3.63) is 35.8 Å². The van der Waals surface area contributed by atoms with Crippen molar-refractivity contribution >= 4 is 27.6 Å². The smallest absolute Gasteiger partial charge is 0.184 e. The van der Waals surface area contributed by atoms with E-state index >= 15 is 0 Å². The Balaban J connectivity index is 1.95. The molecule has 0 aliphatic rings. The number of hydrogen-bond donors (Lipinski definition) is 3. The number of hydrogen-bond acceptors (Lipinski definition) is 5. The van der Waals surface area contributed by atoms with Crippen molar-refractivity contribution in [2.24, 2.45) is 0 Å². The highest BCUT2D eigenvalue weighted by molar-refractivity contribution is 6.11. The van der Waals surface area contributed by atoms with E-state index in [4.69, 9.17) is 0 Å².